The molecular formula is C14H17F3N2. The van der Waals surface area contributed by atoms with Crippen LogP contribution in [0.1, 0.15) is 18.9 Å². The van der Waals surface area contributed by atoms with Crippen LogP contribution in [0.15, 0.2) is 30.5 Å². The maximum Gasteiger partial charge on any atom is 0.390 e. The first-order valence-electron chi connectivity index (χ1n) is 6.35. The number of nitrogens with zero attached hydrogens (tertiary/aromatic N) is 1. The molecule has 0 aliphatic rings. The number of rotatable bonds is 5. The highest BCUT2D eigenvalue weighted by molar-refractivity contribution is 5.83. The summed E-state index contributed by atoms with van der Waals surface area (Å²) in [6, 6.07) is 7.67. The Kier molecular flexibility index (Phi) is 4.14. The number of nitrogens with one attached hydrogen (secondary N) is 1. The fourth-order valence-electron chi connectivity index (χ4n) is 2.18. The van der Waals surface area contributed by atoms with Gasteiger partial charge in [0.25, 0.3) is 0 Å². The predicted molar refractivity (Wildman–Crippen MR) is 70.0 cm³/mol. The van der Waals surface area contributed by atoms with Gasteiger partial charge in [0.15, 0.2) is 0 Å². The van der Waals surface area contributed by atoms with Crippen molar-refractivity contribution >= 4 is 10.9 Å². The molecule has 0 bridgehead atoms. The molecular weight excluding hydrogens is 253 g/mol. The summed E-state index contributed by atoms with van der Waals surface area (Å²) in [5.74, 6) is 0. The van der Waals surface area contributed by atoms with Crippen LogP contribution in [0.25, 0.3) is 10.9 Å². The van der Waals surface area contributed by atoms with Gasteiger partial charge < -0.3 is 9.88 Å². The van der Waals surface area contributed by atoms with E-state index in [1.807, 2.05) is 31.2 Å². The Labute approximate surface area is 110 Å². The minimum Gasteiger partial charge on any atom is -0.347 e. The molecule has 19 heavy (non-hydrogen) atoms. The van der Waals surface area contributed by atoms with Gasteiger partial charge in [0.1, 0.15) is 0 Å². The molecule has 0 saturated heterocycles. The molecule has 1 aromatic carbocycles. The summed E-state index contributed by atoms with van der Waals surface area (Å²) in [5, 5.41) is 4.19. The number of hydrogen-bond acceptors (Lipinski definition) is 1. The topological polar surface area (TPSA) is 17.0 Å². The molecule has 0 atom stereocenters. The van der Waals surface area contributed by atoms with Gasteiger partial charge in [0.2, 0.25) is 0 Å². The van der Waals surface area contributed by atoms with E-state index in [1.165, 1.54) is 0 Å². The molecule has 1 N–H and O–H groups in total. The molecule has 0 aliphatic carbocycles. The van der Waals surface area contributed by atoms with Gasteiger partial charge in [-0.1, -0.05) is 25.1 Å². The molecule has 2 rings (SSSR count). The van der Waals surface area contributed by atoms with Crippen LogP contribution >= 0.6 is 0 Å². The van der Waals surface area contributed by atoms with Crippen LogP contribution in [-0.2, 0) is 13.1 Å². The van der Waals surface area contributed by atoms with Crippen molar-refractivity contribution in [2.24, 2.45) is 0 Å². The third-order valence-electron chi connectivity index (χ3n) is 3.07. The second kappa shape index (κ2) is 5.65. The minimum absolute atomic E-state index is 0.0316. The molecule has 0 unspecified atom stereocenters. The van der Waals surface area contributed by atoms with Crippen LogP contribution in [0.2, 0.25) is 0 Å². The largest absolute Gasteiger partial charge is 0.390 e. The number of para-hydroxylation sites is 1. The van der Waals surface area contributed by atoms with Gasteiger partial charge in [-0.05, 0) is 23.6 Å². The number of aryl methyl sites for hydroxylation is 1. The van der Waals surface area contributed by atoms with Crippen LogP contribution in [0, 0.1) is 0 Å². The quantitative estimate of drug-likeness (QED) is 0.876. The van der Waals surface area contributed by atoms with Crippen LogP contribution in [0.5, 0.6) is 0 Å². The molecule has 5 heteroatoms. The third kappa shape index (κ3) is 3.50. The molecule has 0 spiro atoms. The zero-order valence-electron chi connectivity index (χ0n) is 10.8. The van der Waals surface area contributed by atoms with Crippen molar-refractivity contribution in [1.82, 2.24) is 9.88 Å². The van der Waals surface area contributed by atoms with E-state index in [-0.39, 0.29) is 6.54 Å². The molecule has 1 heterocycles. The smallest absolute Gasteiger partial charge is 0.347 e. The maximum absolute atomic E-state index is 12.3. The van der Waals surface area contributed by atoms with Crippen molar-refractivity contribution in [1.29, 1.82) is 0 Å². The Bertz CT molecular complexity index is 543. The van der Waals surface area contributed by atoms with Gasteiger partial charge in [-0.25, -0.2) is 0 Å². The molecule has 2 aromatic rings. The van der Waals surface area contributed by atoms with Gasteiger partial charge in [-0.3, -0.25) is 0 Å². The van der Waals surface area contributed by atoms with E-state index in [4.69, 9.17) is 0 Å². The number of halogens is 3. The number of fused-ring (bicyclic) bond motifs is 1. The van der Waals surface area contributed by atoms with E-state index in [1.54, 1.807) is 10.8 Å². The number of hydrogen-bond donors (Lipinski definition) is 1. The second-order valence-electron chi connectivity index (χ2n) is 4.51. The minimum atomic E-state index is -4.12. The monoisotopic (exact) mass is 270 g/mol. The van der Waals surface area contributed by atoms with Crippen LogP contribution in [-0.4, -0.2) is 17.3 Å². The normalized spacial score (nSPS) is 12.2. The summed E-state index contributed by atoms with van der Waals surface area (Å²) in [5.41, 5.74) is 1.93. The molecule has 2 nitrogen and oxygen atoms in total. The lowest BCUT2D eigenvalue weighted by atomic mass is 10.1. The van der Waals surface area contributed by atoms with E-state index in [2.05, 4.69) is 5.32 Å². The molecule has 104 valence electrons. The van der Waals surface area contributed by atoms with E-state index in [0.717, 1.165) is 23.0 Å². The van der Waals surface area contributed by atoms with E-state index in [9.17, 15) is 13.2 Å². The van der Waals surface area contributed by atoms with Crippen LogP contribution in [0.4, 0.5) is 13.2 Å². The van der Waals surface area contributed by atoms with Crippen molar-refractivity contribution in [2.75, 3.05) is 6.54 Å². The van der Waals surface area contributed by atoms with Crippen molar-refractivity contribution in [3.63, 3.8) is 0 Å². The van der Waals surface area contributed by atoms with Crippen molar-refractivity contribution < 1.29 is 13.2 Å². The summed E-state index contributed by atoms with van der Waals surface area (Å²) in [7, 11) is 0. The fraction of sp³-hybridized carbons (Fsp3) is 0.429. The highest BCUT2D eigenvalue weighted by atomic mass is 19.4. The Hall–Kier alpha value is -1.49. The van der Waals surface area contributed by atoms with E-state index >= 15 is 0 Å². The molecule has 1 aromatic heterocycles. The van der Waals surface area contributed by atoms with Crippen LogP contribution < -0.4 is 5.32 Å². The van der Waals surface area contributed by atoms with Crippen molar-refractivity contribution in [2.45, 2.75) is 32.6 Å². The molecule has 0 fully saturated rings. The first kappa shape index (κ1) is 13.9. The van der Waals surface area contributed by atoms with Crippen molar-refractivity contribution in [3.05, 3.63) is 36.0 Å². The zero-order chi connectivity index (χ0) is 13.9. The van der Waals surface area contributed by atoms with Gasteiger partial charge in [-0.2, -0.15) is 13.2 Å². The van der Waals surface area contributed by atoms with Crippen molar-refractivity contribution in [3.8, 4) is 0 Å². The average molecular weight is 270 g/mol. The average Bonchev–Trinajstić information content (AvgIpc) is 2.77. The summed E-state index contributed by atoms with van der Waals surface area (Å²) in [6.45, 7) is 3.47. The Morgan fingerprint density at radius 3 is 2.68 bits per heavy atom. The summed E-state index contributed by atoms with van der Waals surface area (Å²) in [4.78, 5) is 0. The van der Waals surface area contributed by atoms with Gasteiger partial charge in [0.05, 0.1) is 11.9 Å². The Balaban J connectivity index is 2.28. The first-order valence-corrected chi connectivity index (χ1v) is 6.35. The summed E-state index contributed by atoms with van der Waals surface area (Å²) < 4.78 is 38.7. The highest BCUT2D eigenvalue weighted by Crippen LogP contribution is 2.24. The summed E-state index contributed by atoms with van der Waals surface area (Å²) >= 11 is 0. The van der Waals surface area contributed by atoms with Gasteiger partial charge >= 0.3 is 6.18 Å². The highest BCUT2D eigenvalue weighted by Gasteiger charge is 2.26. The number of alkyl halides is 3. The summed E-state index contributed by atoms with van der Waals surface area (Å²) in [6.07, 6.45) is -3.19. The Morgan fingerprint density at radius 1 is 1.21 bits per heavy atom. The second-order valence-corrected chi connectivity index (χ2v) is 4.51. The Morgan fingerprint density at radius 2 is 2.00 bits per heavy atom. The SMILES string of the molecule is CCNCc1cccc2ccn(CCC(F)(F)F)c12. The van der Waals surface area contributed by atoms with Gasteiger partial charge in [-0.15, -0.1) is 0 Å². The maximum atomic E-state index is 12.3. The van der Waals surface area contributed by atoms with E-state index in [0.29, 0.717) is 6.54 Å². The first-order chi connectivity index (χ1) is 9.01. The van der Waals surface area contributed by atoms with E-state index < -0.39 is 12.6 Å². The number of aromatic nitrogens is 1. The van der Waals surface area contributed by atoms with Gasteiger partial charge in [0, 0.05) is 19.3 Å². The lowest BCUT2D eigenvalue weighted by Gasteiger charge is -2.11. The van der Waals surface area contributed by atoms with Crippen LogP contribution in [0.3, 0.4) is 0 Å². The molecule has 0 radical (unpaired) electrons. The standard InChI is InChI=1S/C14H17F3N2/c1-2-18-10-12-5-3-4-11-6-8-19(13(11)12)9-7-14(15,16)17/h3-6,8,18H,2,7,9-10H2,1H3. The third-order valence-corrected chi connectivity index (χ3v) is 3.07. The molecule has 0 saturated carbocycles. The lowest BCUT2D eigenvalue weighted by Crippen LogP contribution is -2.14. The fourth-order valence-corrected chi connectivity index (χ4v) is 2.18. The predicted octanol–water partition coefficient (Wildman–Crippen LogP) is 3.70. The molecule has 0 amide bonds. The zero-order valence-corrected chi connectivity index (χ0v) is 10.8. The lowest BCUT2D eigenvalue weighted by molar-refractivity contribution is -0.136. The number of benzene rings is 1. The molecule has 0 aliphatic heterocycles.